The summed E-state index contributed by atoms with van der Waals surface area (Å²) in [6, 6.07) is 11.9. The quantitative estimate of drug-likeness (QED) is 0.337. The number of piperazine rings is 1. The van der Waals surface area contributed by atoms with E-state index in [0.29, 0.717) is 33.9 Å². The minimum absolute atomic E-state index is 0.0190. The summed E-state index contributed by atoms with van der Waals surface area (Å²) in [4.78, 5) is 15.8. The summed E-state index contributed by atoms with van der Waals surface area (Å²) in [5.74, 6) is 0.00179. The summed E-state index contributed by atoms with van der Waals surface area (Å²) in [5, 5.41) is 25.0. The van der Waals surface area contributed by atoms with Gasteiger partial charge in [-0.3, -0.25) is 4.98 Å². The molecule has 10 heteroatoms. The molecule has 2 saturated heterocycles. The number of ether oxygens (including phenoxy) is 1. The maximum Gasteiger partial charge on any atom is 0.319 e. The molecule has 3 N–H and O–H groups in total. The van der Waals surface area contributed by atoms with E-state index in [9.17, 15) is 5.11 Å². The van der Waals surface area contributed by atoms with E-state index >= 15 is 4.39 Å². The second-order valence-electron chi connectivity index (χ2n) is 9.67. The van der Waals surface area contributed by atoms with E-state index in [0.717, 1.165) is 36.7 Å². The van der Waals surface area contributed by atoms with Crippen molar-refractivity contribution >= 4 is 39.1 Å². The number of hydrogen-bond donors (Lipinski definition) is 3. The van der Waals surface area contributed by atoms with Crippen molar-refractivity contribution in [3.8, 4) is 17.3 Å². The van der Waals surface area contributed by atoms with Gasteiger partial charge in [-0.15, -0.1) is 0 Å². The topological polar surface area (TPSA) is 104 Å². The highest BCUT2D eigenvalue weighted by Gasteiger charge is 2.34. The Hall–Kier alpha value is -3.11. The third kappa shape index (κ3) is 4.57. The first kappa shape index (κ1) is 24.2. The highest BCUT2D eigenvalue weighted by molar-refractivity contribution is 6.36. The molecular formula is C27H27ClFN5O3. The van der Waals surface area contributed by atoms with Crippen molar-refractivity contribution in [3.63, 3.8) is 0 Å². The van der Waals surface area contributed by atoms with Crippen molar-refractivity contribution in [1.29, 1.82) is 0 Å². The second-order valence-corrected chi connectivity index (χ2v) is 10.1. The fourth-order valence-electron chi connectivity index (χ4n) is 5.36. The molecule has 1 unspecified atom stereocenters. The lowest BCUT2D eigenvalue weighted by Gasteiger charge is -2.34. The average Bonchev–Trinajstić information content (AvgIpc) is 3.25. The molecule has 192 valence electrons. The smallest absolute Gasteiger partial charge is 0.319 e. The van der Waals surface area contributed by atoms with Crippen molar-refractivity contribution in [1.82, 2.24) is 20.3 Å². The summed E-state index contributed by atoms with van der Waals surface area (Å²) in [6.45, 7) is 1.20. The van der Waals surface area contributed by atoms with Gasteiger partial charge in [-0.1, -0.05) is 41.9 Å². The molecule has 2 aliphatic rings. The fourth-order valence-corrected chi connectivity index (χ4v) is 5.64. The predicted molar refractivity (Wildman–Crippen MR) is 141 cm³/mol. The third-order valence-corrected chi connectivity index (χ3v) is 7.48. The number of rotatable bonds is 7. The number of aromatic nitrogens is 3. The maximum atomic E-state index is 16.3. The number of halogens is 2. The van der Waals surface area contributed by atoms with Gasteiger partial charge in [0.05, 0.1) is 24.7 Å². The Labute approximate surface area is 218 Å². The zero-order chi connectivity index (χ0) is 25.5. The molecule has 8 nitrogen and oxygen atoms in total. The predicted octanol–water partition coefficient (Wildman–Crippen LogP) is 3.70. The molecule has 0 radical (unpaired) electrons. The molecule has 2 aliphatic heterocycles. The zero-order valence-electron chi connectivity index (χ0n) is 20.1. The van der Waals surface area contributed by atoms with Crippen molar-refractivity contribution < 1.29 is 19.3 Å². The third-order valence-electron chi connectivity index (χ3n) is 7.16. The Morgan fingerprint density at radius 3 is 2.65 bits per heavy atom. The van der Waals surface area contributed by atoms with Crippen LogP contribution in [0.25, 0.3) is 32.9 Å². The summed E-state index contributed by atoms with van der Waals surface area (Å²) >= 11 is 6.52. The Morgan fingerprint density at radius 1 is 1.14 bits per heavy atom. The molecule has 2 fully saturated rings. The summed E-state index contributed by atoms with van der Waals surface area (Å²) in [6.07, 6.45) is 3.09. The van der Waals surface area contributed by atoms with Crippen LogP contribution in [0.5, 0.6) is 6.01 Å². The molecule has 3 atom stereocenters. The van der Waals surface area contributed by atoms with Gasteiger partial charge in [0.15, 0.2) is 5.82 Å². The van der Waals surface area contributed by atoms with E-state index in [1.54, 1.807) is 18.3 Å². The largest absolute Gasteiger partial charge is 0.463 e. The molecule has 2 aromatic carbocycles. The summed E-state index contributed by atoms with van der Waals surface area (Å²) in [7, 11) is 0. The number of pyridine rings is 1. The van der Waals surface area contributed by atoms with Crippen molar-refractivity contribution in [2.45, 2.75) is 37.5 Å². The normalized spacial score (nSPS) is 20.1. The molecular weight excluding hydrogens is 497 g/mol. The summed E-state index contributed by atoms with van der Waals surface area (Å²) < 4.78 is 22.0. The average molecular weight is 524 g/mol. The molecule has 2 bridgehead atoms. The van der Waals surface area contributed by atoms with Gasteiger partial charge in [0.25, 0.3) is 0 Å². The van der Waals surface area contributed by atoms with Crippen LogP contribution in [0.1, 0.15) is 19.3 Å². The SMILES string of the molecule is OCC(O)CCOc1nc(N2C[C@H]3CC[C@@H](C2)N3)c2cnc(-c3cccc4cccc(Cl)c34)c(F)c2n1. The first-order chi connectivity index (χ1) is 18.0. The number of anilines is 1. The Balaban J connectivity index is 1.48. The molecule has 2 aromatic heterocycles. The molecule has 37 heavy (non-hydrogen) atoms. The number of hydrogen-bond acceptors (Lipinski definition) is 8. The van der Waals surface area contributed by atoms with E-state index in [2.05, 4.69) is 25.2 Å². The van der Waals surface area contributed by atoms with Crippen molar-refractivity contribution in [3.05, 3.63) is 53.4 Å². The van der Waals surface area contributed by atoms with Crippen LogP contribution < -0.4 is 15.0 Å². The summed E-state index contributed by atoms with van der Waals surface area (Å²) in [5.41, 5.74) is 0.844. The van der Waals surface area contributed by atoms with Gasteiger partial charge >= 0.3 is 6.01 Å². The van der Waals surface area contributed by atoms with Gasteiger partial charge in [-0.2, -0.15) is 9.97 Å². The number of nitrogens with one attached hydrogen (secondary N) is 1. The van der Waals surface area contributed by atoms with Gasteiger partial charge in [-0.25, -0.2) is 4.39 Å². The zero-order valence-corrected chi connectivity index (χ0v) is 20.8. The van der Waals surface area contributed by atoms with Crippen molar-refractivity contribution in [2.75, 3.05) is 31.2 Å². The van der Waals surface area contributed by atoms with Gasteiger partial charge < -0.3 is 25.2 Å². The first-order valence-electron chi connectivity index (χ1n) is 12.5. The molecule has 0 saturated carbocycles. The van der Waals surface area contributed by atoms with Gasteiger partial charge in [-0.05, 0) is 24.3 Å². The Bertz CT molecular complexity index is 1450. The molecule has 6 rings (SSSR count). The lowest BCUT2D eigenvalue weighted by Crippen LogP contribution is -2.51. The first-order valence-corrected chi connectivity index (χ1v) is 12.9. The van der Waals surface area contributed by atoms with E-state index in [1.807, 2.05) is 24.3 Å². The number of nitrogens with zero attached hydrogens (tertiary/aromatic N) is 4. The minimum atomic E-state index is -0.910. The number of aliphatic hydroxyl groups excluding tert-OH is 2. The van der Waals surface area contributed by atoms with Crippen LogP contribution in [0.2, 0.25) is 5.02 Å². The highest BCUT2D eigenvalue weighted by Crippen LogP contribution is 2.38. The lowest BCUT2D eigenvalue weighted by atomic mass is 10.0. The van der Waals surface area contributed by atoms with Gasteiger partial charge in [0, 0.05) is 53.8 Å². The van der Waals surface area contributed by atoms with Crippen molar-refractivity contribution in [2.24, 2.45) is 0 Å². The van der Waals surface area contributed by atoms with Gasteiger partial charge in [0.1, 0.15) is 17.0 Å². The second kappa shape index (κ2) is 9.98. The molecule has 0 amide bonds. The fraction of sp³-hybridized carbons (Fsp3) is 0.370. The molecule has 0 spiro atoms. The Morgan fingerprint density at radius 2 is 1.89 bits per heavy atom. The van der Waals surface area contributed by atoms with Crippen LogP contribution in [0.3, 0.4) is 0 Å². The molecule has 0 aliphatic carbocycles. The van der Waals surface area contributed by atoms with Crippen LogP contribution in [-0.4, -0.2) is 69.7 Å². The van der Waals surface area contributed by atoms with E-state index < -0.39 is 11.9 Å². The maximum absolute atomic E-state index is 16.3. The standard InChI is InChI=1S/C27H27ClFN5O3/c28-21-6-2-4-15-3-1-5-19(22(15)21)24-23(29)25-20(11-30-24)26(34-12-16-7-8-17(13-34)31-16)33-27(32-25)37-10-9-18(36)14-35/h1-6,11,16-18,31,35-36H,7-10,12-14H2/t16-,17+,18?. The highest BCUT2D eigenvalue weighted by atomic mass is 35.5. The number of aliphatic hydroxyl groups is 2. The van der Waals surface area contributed by atoms with Crippen LogP contribution in [0.15, 0.2) is 42.6 Å². The van der Waals surface area contributed by atoms with E-state index in [1.165, 1.54) is 0 Å². The van der Waals surface area contributed by atoms with Gasteiger partial charge in [0.2, 0.25) is 0 Å². The molecule has 4 aromatic rings. The van der Waals surface area contributed by atoms with Crippen LogP contribution in [-0.2, 0) is 0 Å². The van der Waals surface area contributed by atoms with Crippen LogP contribution in [0.4, 0.5) is 10.2 Å². The lowest BCUT2D eigenvalue weighted by molar-refractivity contribution is 0.0741. The minimum Gasteiger partial charge on any atom is -0.463 e. The van der Waals surface area contributed by atoms with E-state index in [4.69, 9.17) is 21.4 Å². The monoisotopic (exact) mass is 523 g/mol. The Kier molecular flexibility index (Phi) is 6.54. The molecule has 4 heterocycles. The van der Waals surface area contributed by atoms with Crippen LogP contribution in [0, 0.1) is 5.82 Å². The number of benzene rings is 2. The van der Waals surface area contributed by atoms with E-state index in [-0.39, 0.29) is 36.9 Å². The number of fused-ring (bicyclic) bond motifs is 4. The van der Waals surface area contributed by atoms with Crippen LogP contribution >= 0.6 is 11.6 Å².